The first kappa shape index (κ1) is 12.5. The molecule has 2 heterocycles. The van der Waals surface area contributed by atoms with Crippen molar-refractivity contribution in [2.24, 2.45) is 0 Å². The van der Waals surface area contributed by atoms with Gasteiger partial charge in [-0.05, 0) is 36.6 Å². The minimum atomic E-state index is -1.11. The molecule has 4 heteroatoms. The van der Waals surface area contributed by atoms with Crippen molar-refractivity contribution in [2.75, 3.05) is 6.54 Å². The second kappa shape index (κ2) is 5.23. The fourth-order valence-electron chi connectivity index (χ4n) is 2.32. The number of rotatable bonds is 2. The van der Waals surface area contributed by atoms with Crippen LogP contribution in [0.2, 0.25) is 0 Å². The summed E-state index contributed by atoms with van der Waals surface area (Å²) < 4.78 is 14.5. The molecular weight excluding hydrogens is 256 g/mol. The van der Waals surface area contributed by atoms with Crippen molar-refractivity contribution in [1.29, 1.82) is 0 Å². The van der Waals surface area contributed by atoms with E-state index in [0.717, 1.165) is 30.1 Å². The highest BCUT2D eigenvalue weighted by Crippen LogP contribution is 2.22. The highest BCUT2D eigenvalue weighted by Gasteiger charge is 2.21. The smallest absolute Gasteiger partial charge is 0.129 e. The molecule has 3 rings (SSSR count). The number of fused-ring (bicyclic) bond motifs is 1. The topological polar surface area (TPSA) is 33.2 Å². The van der Waals surface area contributed by atoms with Crippen LogP contribution in [-0.4, -0.2) is 20.0 Å². The van der Waals surface area contributed by atoms with Crippen LogP contribution >= 0.6 is 0 Å². The van der Waals surface area contributed by atoms with E-state index in [1.807, 2.05) is 29.4 Å². The van der Waals surface area contributed by atoms with Crippen molar-refractivity contribution in [3.8, 4) is 0 Å². The molecule has 19 heavy (non-hydrogen) atoms. The molecule has 0 radical (unpaired) electrons. The minimum Gasteiger partial charge on any atom is -0.260 e. The first-order valence-electron chi connectivity index (χ1n) is 6.40. The molecule has 0 bridgehead atoms. The van der Waals surface area contributed by atoms with E-state index in [1.165, 1.54) is 11.1 Å². The molecule has 0 aliphatic carbocycles. The monoisotopic (exact) mass is 272 g/mol. The molecule has 0 amide bonds. The Morgan fingerprint density at radius 3 is 2.68 bits per heavy atom. The fourth-order valence-corrected chi connectivity index (χ4v) is 3.46. The van der Waals surface area contributed by atoms with E-state index >= 15 is 0 Å². The van der Waals surface area contributed by atoms with E-state index in [0.29, 0.717) is 0 Å². The number of benzene rings is 1. The Balaban J connectivity index is 1.81. The normalized spacial score (nSPS) is 16.9. The predicted molar refractivity (Wildman–Crippen MR) is 75.9 cm³/mol. The highest BCUT2D eigenvalue weighted by atomic mass is 32.2. The maximum atomic E-state index is 12.5. The minimum absolute atomic E-state index is 0.747. The maximum absolute atomic E-state index is 12.5. The molecule has 0 N–H and O–H groups in total. The largest absolute Gasteiger partial charge is 0.260 e. The Morgan fingerprint density at radius 2 is 1.95 bits per heavy atom. The van der Waals surface area contributed by atoms with Crippen LogP contribution in [0.5, 0.6) is 0 Å². The summed E-state index contributed by atoms with van der Waals surface area (Å²) in [6.45, 7) is 3.51. The van der Waals surface area contributed by atoms with Crippen molar-refractivity contribution in [1.82, 2.24) is 9.29 Å². The lowest BCUT2D eigenvalue weighted by Crippen LogP contribution is -2.32. The van der Waals surface area contributed by atoms with Gasteiger partial charge in [-0.25, -0.2) is 8.51 Å². The zero-order chi connectivity index (χ0) is 13.2. The summed E-state index contributed by atoms with van der Waals surface area (Å²) in [6, 6.07) is 12.2. The second-order valence-corrected chi connectivity index (χ2v) is 6.25. The summed E-state index contributed by atoms with van der Waals surface area (Å²) in [6.07, 6.45) is 2.67. The van der Waals surface area contributed by atoms with Crippen molar-refractivity contribution in [2.45, 2.75) is 24.8 Å². The molecule has 0 spiro atoms. The number of pyridine rings is 1. The standard InChI is InChI=1S/C15H16N2OS/c1-12-6-7-15(10-16-12)19(18)17-9-8-13-4-2-3-5-14(13)11-17/h2-7,10H,8-9,11H2,1H3. The van der Waals surface area contributed by atoms with E-state index in [-0.39, 0.29) is 0 Å². The van der Waals surface area contributed by atoms with E-state index in [4.69, 9.17) is 0 Å². The predicted octanol–water partition coefficient (Wildman–Crippen LogP) is 2.47. The van der Waals surface area contributed by atoms with Crippen molar-refractivity contribution in [3.63, 3.8) is 0 Å². The summed E-state index contributed by atoms with van der Waals surface area (Å²) in [5, 5.41) is 0. The summed E-state index contributed by atoms with van der Waals surface area (Å²) >= 11 is 0. The van der Waals surface area contributed by atoms with Gasteiger partial charge in [0.25, 0.3) is 0 Å². The van der Waals surface area contributed by atoms with Gasteiger partial charge in [0.1, 0.15) is 11.0 Å². The third kappa shape index (κ3) is 2.60. The SMILES string of the molecule is Cc1ccc(S(=O)N2CCc3ccccc3C2)cn1. The molecule has 0 saturated carbocycles. The molecule has 0 fully saturated rings. The molecule has 3 nitrogen and oxygen atoms in total. The molecule has 1 unspecified atom stereocenters. The average molecular weight is 272 g/mol. The Labute approximate surface area is 115 Å². The van der Waals surface area contributed by atoms with Gasteiger partial charge < -0.3 is 0 Å². The van der Waals surface area contributed by atoms with Gasteiger partial charge in [0.15, 0.2) is 0 Å². The maximum Gasteiger partial charge on any atom is 0.129 e. The molecule has 98 valence electrons. The van der Waals surface area contributed by atoms with Crippen LogP contribution in [0.25, 0.3) is 0 Å². The van der Waals surface area contributed by atoms with E-state index < -0.39 is 11.0 Å². The third-order valence-electron chi connectivity index (χ3n) is 3.42. The number of hydrogen-bond acceptors (Lipinski definition) is 2. The molecule has 2 aromatic rings. The molecule has 1 aromatic heterocycles. The van der Waals surface area contributed by atoms with Gasteiger partial charge in [0.05, 0.1) is 4.90 Å². The third-order valence-corrected chi connectivity index (χ3v) is 4.84. The van der Waals surface area contributed by atoms with Crippen LogP contribution in [-0.2, 0) is 24.0 Å². The quantitative estimate of drug-likeness (QED) is 0.841. The van der Waals surface area contributed by atoms with Crippen LogP contribution in [0.1, 0.15) is 16.8 Å². The Morgan fingerprint density at radius 1 is 1.16 bits per heavy atom. The van der Waals surface area contributed by atoms with Crippen molar-refractivity contribution >= 4 is 11.0 Å². The van der Waals surface area contributed by atoms with Gasteiger partial charge in [-0.1, -0.05) is 24.3 Å². The molecule has 0 saturated heterocycles. The van der Waals surface area contributed by atoms with Gasteiger partial charge in [0, 0.05) is 25.0 Å². The van der Waals surface area contributed by atoms with Gasteiger partial charge in [0.2, 0.25) is 0 Å². The van der Waals surface area contributed by atoms with E-state index in [9.17, 15) is 4.21 Å². The summed E-state index contributed by atoms with van der Waals surface area (Å²) in [5.41, 5.74) is 3.60. The Kier molecular flexibility index (Phi) is 3.44. The first-order valence-corrected chi connectivity index (χ1v) is 7.51. The fraction of sp³-hybridized carbons (Fsp3) is 0.267. The number of nitrogens with zero attached hydrogens (tertiary/aromatic N) is 2. The van der Waals surface area contributed by atoms with Gasteiger partial charge in [-0.3, -0.25) is 4.98 Å². The first-order chi connectivity index (χ1) is 9.24. The van der Waals surface area contributed by atoms with Crippen molar-refractivity contribution < 1.29 is 4.21 Å². The van der Waals surface area contributed by atoms with Crippen LogP contribution in [0, 0.1) is 6.92 Å². The van der Waals surface area contributed by atoms with E-state index in [1.54, 1.807) is 6.20 Å². The molecule has 1 aliphatic rings. The number of aryl methyl sites for hydroxylation is 1. The van der Waals surface area contributed by atoms with Crippen LogP contribution in [0.3, 0.4) is 0 Å². The summed E-state index contributed by atoms with van der Waals surface area (Å²) in [7, 11) is -1.11. The van der Waals surface area contributed by atoms with Gasteiger partial charge >= 0.3 is 0 Å². The second-order valence-electron chi connectivity index (χ2n) is 4.77. The zero-order valence-corrected chi connectivity index (χ0v) is 11.7. The van der Waals surface area contributed by atoms with Gasteiger partial charge in [-0.15, -0.1) is 0 Å². The molecule has 1 atom stereocenters. The molecule has 1 aromatic carbocycles. The van der Waals surface area contributed by atoms with E-state index in [2.05, 4.69) is 23.2 Å². The van der Waals surface area contributed by atoms with Crippen LogP contribution < -0.4 is 0 Å². The van der Waals surface area contributed by atoms with Crippen molar-refractivity contribution in [3.05, 3.63) is 59.4 Å². The lowest BCUT2D eigenvalue weighted by Gasteiger charge is -2.27. The average Bonchev–Trinajstić information content (AvgIpc) is 2.47. The molecule has 1 aliphatic heterocycles. The molecular formula is C15H16N2OS. The van der Waals surface area contributed by atoms with Gasteiger partial charge in [-0.2, -0.15) is 0 Å². The lowest BCUT2D eigenvalue weighted by molar-refractivity contribution is 0.421. The van der Waals surface area contributed by atoms with Crippen LogP contribution in [0.15, 0.2) is 47.5 Å². The summed E-state index contributed by atoms with van der Waals surface area (Å²) in [5.74, 6) is 0. The zero-order valence-electron chi connectivity index (χ0n) is 10.9. The Hall–Kier alpha value is -1.52. The Bertz CT molecular complexity index is 610. The van der Waals surface area contributed by atoms with Crippen LogP contribution in [0.4, 0.5) is 0 Å². The number of hydrogen-bond donors (Lipinski definition) is 0. The lowest BCUT2D eigenvalue weighted by atomic mass is 10.0. The summed E-state index contributed by atoms with van der Waals surface area (Å²) in [4.78, 5) is 5.00. The number of aromatic nitrogens is 1. The highest BCUT2D eigenvalue weighted by molar-refractivity contribution is 7.82.